The number of fused-ring (bicyclic) bond motifs is 6. The Hall–Kier alpha value is -5.64. The van der Waals surface area contributed by atoms with Crippen LogP contribution in [0, 0.1) is 0 Å². The maximum absolute atomic E-state index is 6.69. The van der Waals surface area contributed by atoms with Crippen LogP contribution in [0.25, 0.3) is 64.4 Å². The van der Waals surface area contributed by atoms with E-state index in [2.05, 4.69) is 163 Å². The van der Waals surface area contributed by atoms with Gasteiger partial charge in [0.05, 0.1) is 5.69 Å². The Balaban J connectivity index is 1.21. The molecule has 212 valence electrons. The van der Waals surface area contributed by atoms with Crippen LogP contribution in [0.1, 0.15) is 0 Å². The Labute approximate surface area is 265 Å². The molecule has 2 heterocycles. The van der Waals surface area contributed by atoms with Crippen LogP contribution in [0.15, 0.2) is 168 Å². The summed E-state index contributed by atoms with van der Waals surface area (Å²) in [5.74, 6) is 0. The predicted octanol–water partition coefficient (Wildman–Crippen LogP) is 12.8. The molecular formula is C42H27NOS. The van der Waals surface area contributed by atoms with Crippen molar-refractivity contribution < 1.29 is 4.42 Å². The lowest BCUT2D eigenvalue weighted by Gasteiger charge is -2.26. The summed E-state index contributed by atoms with van der Waals surface area (Å²) in [5, 5.41) is 4.88. The van der Waals surface area contributed by atoms with E-state index >= 15 is 0 Å². The Morgan fingerprint density at radius 2 is 1.09 bits per heavy atom. The summed E-state index contributed by atoms with van der Waals surface area (Å²) < 4.78 is 9.34. The summed E-state index contributed by atoms with van der Waals surface area (Å²) in [6.07, 6.45) is 0. The maximum atomic E-state index is 6.69. The van der Waals surface area contributed by atoms with E-state index in [0.717, 1.165) is 39.0 Å². The first-order valence-electron chi connectivity index (χ1n) is 15.2. The summed E-state index contributed by atoms with van der Waals surface area (Å²) in [4.78, 5) is 2.30. The fourth-order valence-electron chi connectivity index (χ4n) is 6.56. The van der Waals surface area contributed by atoms with Gasteiger partial charge in [0.1, 0.15) is 5.58 Å². The molecule has 3 heteroatoms. The van der Waals surface area contributed by atoms with Crippen molar-refractivity contribution in [3.05, 3.63) is 164 Å². The van der Waals surface area contributed by atoms with Gasteiger partial charge in [-0.25, -0.2) is 0 Å². The Bertz CT molecular complexity index is 2470. The first kappa shape index (κ1) is 25.8. The van der Waals surface area contributed by atoms with Gasteiger partial charge >= 0.3 is 0 Å². The average molecular weight is 594 g/mol. The lowest BCUT2D eigenvalue weighted by molar-refractivity contribution is 0.669. The fourth-order valence-corrected chi connectivity index (χ4v) is 7.65. The highest BCUT2D eigenvalue weighted by molar-refractivity contribution is 7.25. The average Bonchev–Trinajstić information content (AvgIpc) is 3.69. The van der Waals surface area contributed by atoms with Gasteiger partial charge in [-0.3, -0.25) is 0 Å². The third kappa shape index (κ3) is 4.32. The number of furan rings is 1. The summed E-state index contributed by atoms with van der Waals surface area (Å²) >= 11 is 1.85. The van der Waals surface area contributed by atoms with Gasteiger partial charge < -0.3 is 9.32 Å². The van der Waals surface area contributed by atoms with E-state index in [4.69, 9.17) is 4.42 Å². The van der Waals surface area contributed by atoms with E-state index in [-0.39, 0.29) is 0 Å². The molecule has 0 unspecified atom stereocenters. The zero-order valence-electron chi connectivity index (χ0n) is 24.4. The highest BCUT2D eigenvalue weighted by atomic mass is 32.1. The highest BCUT2D eigenvalue weighted by Gasteiger charge is 2.22. The van der Waals surface area contributed by atoms with E-state index in [9.17, 15) is 0 Å². The molecule has 0 atom stereocenters. The number of hydrogen-bond acceptors (Lipinski definition) is 3. The van der Waals surface area contributed by atoms with Gasteiger partial charge in [-0.1, -0.05) is 109 Å². The van der Waals surface area contributed by atoms with Crippen molar-refractivity contribution in [2.24, 2.45) is 0 Å². The Morgan fingerprint density at radius 3 is 1.91 bits per heavy atom. The van der Waals surface area contributed by atoms with Gasteiger partial charge in [0.2, 0.25) is 0 Å². The van der Waals surface area contributed by atoms with Crippen molar-refractivity contribution in [3.8, 4) is 22.3 Å². The largest absolute Gasteiger partial charge is 0.454 e. The van der Waals surface area contributed by atoms with Crippen molar-refractivity contribution in [1.29, 1.82) is 0 Å². The van der Waals surface area contributed by atoms with Crippen LogP contribution >= 0.6 is 11.3 Å². The number of rotatable bonds is 5. The molecule has 0 spiro atoms. The smallest absolute Gasteiger partial charge is 0.160 e. The number of benzene rings is 7. The minimum absolute atomic E-state index is 0.875. The molecule has 7 aromatic carbocycles. The number of anilines is 3. The molecule has 9 rings (SSSR count). The molecule has 0 fully saturated rings. The lowest BCUT2D eigenvalue weighted by Crippen LogP contribution is -2.10. The lowest BCUT2D eigenvalue weighted by atomic mass is 9.98. The maximum Gasteiger partial charge on any atom is 0.160 e. The van der Waals surface area contributed by atoms with Gasteiger partial charge in [0, 0.05) is 42.3 Å². The minimum Gasteiger partial charge on any atom is -0.454 e. The molecule has 0 saturated heterocycles. The van der Waals surface area contributed by atoms with E-state index in [0.29, 0.717) is 0 Å². The molecule has 0 N–H and O–H groups in total. The molecule has 0 saturated carbocycles. The molecule has 0 aliphatic rings. The van der Waals surface area contributed by atoms with Crippen molar-refractivity contribution in [1.82, 2.24) is 0 Å². The summed E-state index contributed by atoms with van der Waals surface area (Å²) in [7, 11) is 0. The molecule has 0 aliphatic heterocycles. The molecule has 0 radical (unpaired) electrons. The third-order valence-electron chi connectivity index (χ3n) is 8.68. The summed E-state index contributed by atoms with van der Waals surface area (Å²) in [6.45, 7) is 0. The van der Waals surface area contributed by atoms with Crippen molar-refractivity contribution in [2.75, 3.05) is 4.90 Å². The topological polar surface area (TPSA) is 16.4 Å². The number of hydrogen-bond donors (Lipinski definition) is 0. The summed E-state index contributed by atoms with van der Waals surface area (Å²) in [5.41, 5.74) is 9.66. The second kappa shape index (κ2) is 10.5. The fraction of sp³-hybridized carbons (Fsp3) is 0. The zero-order valence-corrected chi connectivity index (χ0v) is 25.2. The molecular weight excluding hydrogens is 567 g/mol. The van der Waals surface area contributed by atoms with E-state index in [1.807, 2.05) is 17.4 Å². The number of nitrogens with zero attached hydrogens (tertiary/aromatic N) is 1. The molecule has 0 amide bonds. The Kier molecular flexibility index (Phi) is 6.03. The first-order valence-corrected chi connectivity index (χ1v) is 16.0. The standard InChI is InChI=1S/C42H27NOS/c1-3-11-29(12-4-1)33-24-25-37(42-41(33)35-16-7-9-17-38(35)44-42)43(31-13-5-2-6-14-31)32-22-19-28(20-23-32)30-21-26-40-36(27-30)34-15-8-10-18-39(34)45-40/h1-27H. The zero-order chi connectivity index (χ0) is 29.7. The Morgan fingerprint density at radius 1 is 0.444 bits per heavy atom. The van der Waals surface area contributed by atoms with Crippen LogP contribution in [0.5, 0.6) is 0 Å². The third-order valence-corrected chi connectivity index (χ3v) is 9.83. The normalized spacial score (nSPS) is 11.6. The molecule has 45 heavy (non-hydrogen) atoms. The van der Waals surface area contributed by atoms with Crippen LogP contribution in [0.4, 0.5) is 17.1 Å². The van der Waals surface area contributed by atoms with E-state index in [1.165, 1.54) is 42.4 Å². The van der Waals surface area contributed by atoms with Gasteiger partial charge in [0.15, 0.2) is 5.58 Å². The van der Waals surface area contributed by atoms with Crippen LogP contribution < -0.4 is 4.90 Å². The van der Waals surface area contributed by atoms with Crippen LogP contribution in [-0.2, 0) is 0 Å². The van der Waals surface area contributed by atoms with Gasteiger partial charge in [0.25, 0.3) is 0 Å². The second-order valence-electron chi connectivity index (χ2n) is 11.3. The van der Waals surface area contributed by atoms with Crippen LogP contribution in [-0.4, -0.2) is 0 Å². The SMILES string of the molecule is c1ccc(-c2ccc(N(c3ccccc3)c3ccc(-c4ccc5sc6ccccc6c5c4)cc3)c3oc4ccccc4c23)cc1. The quantitative estimate of drug-likeness (QED) is 0.197. The van der Waals surface area contributed by atoms with Crippen molar-refractivity contribution in [2.45, 2.75) is 0 Å². The van der Waals surface area contributed by atoms with Crippen molar-refractivity contribution >= 4 is 70.5 Å². The first-order chi connectivity index (χ1) is 22.3. The van der Waals surface area contributed by atoms with Crippen LogP contribution in [0.2, 0.25) is 0 Å². The summed E-state index contributed by atoms with van der Waals surface area (Å²) in [6, 6.07) is 58.3. The highest BCUT2D eigenvalue weighted by Crippen LogP contribution is 2.46. The van der Waals surface area contributed by atoms with E-state index < -0.39 is 0 Å². The minimum atomic E-state index is 0.875. The van der Waals surface area contributed by atoms with Gasteiger partial charge in [-0.05, 0) is 76.9 Å². The predicted molar refractivity (Wildman–Crippen MR) is 192 cm³/mol. The molecule has 9 aromatic rings. The van der Waals surface area contributed by atoms with Gasteiger partial charge in [-0.2, -0.15) is 0 Å². The van der Waals surface area contributed by atoms with E-state index in [1.54, 1.807) is 0 Å². The molecule has 2 aromatic heterocycles. The monoisotopic (exact) mass is 593 g/mol. The van der Waals surface area contributed by atoms with Crippen LogP contribution in [0.3, 0.4) is 0 Å². The second-order valence-corrected chi connectivity index (χ2v) is 12.4. The molecule has 0 aliphatic carbocycles. The van der Waals surface area contributed by atoms with Gasteiger partial charge in [-0.15, -0.1) is 11.3 Å². The molecule has 0 bridgehead atoms. The number of para-hydroxylation sites is 2. The number of thiophene rings is 1. The molecule has 2 nitrogen and oxygen atoms in total. The van der Waals surface area contributed by atoms with Crippen molar-refractivity contribution in [3.63, 3.8) is 0 Å².